The van der Waals surface area contributed by atoms with Gasteiger partial charge in [-0.1, -0.05) is 18.2 Å². The van der Waals surface area contributed by atoms with Crippen LogP contribution >= 0.6 is 12.2 Å². The van der Waals surface area contributed by atoms with E-state index in [1.54, 1.807) is 26.4 Å². The number of hydrogen-bond acceptors (Lipinski definition) is 4. The molecule has 0 atom stereocenters. The lowest BCUT2D eigenvalue weighted by Crippen LogP contribution is -2.51. The highest BCUT2D eigenvalue weighted by Gasteiger charge is 2.19. The van der Waals surface area contributed by atoms with Gasteiger partial charge in [0, 0.05) is 39.3 Å². The molecule has 29 heavy (non-hydrogen) atoms. The van der Waals surface area contributed by atoms with Crippen LogP contribution in [0.2, 0.25) is 0 Å². The van der Waals surface area contributed by atoms with Gasteiger partial charge in [0.25, 0.3) is 0 Å². The average molecular weight is 418 g/mol. The van der Waals surface area contributed by atoms with Gasteiger partial charge in [-0.2, -0.15) is 0 Å². The van der Waals surface area contributed by atoms with Crippen LogP contribution in [-0.4, -0.2) is 61.9 Å². The normalized spacial score (nSPS) is 14.5. The Labute approximate surface area is 177 Å². The van der Waals surface area contributed by atoms with Crippen molar-refractivity contribution in [1.82, 2.24) is 15.1 Å². The molecule has 1 aliphatic rings. The van der Waals surface area contributed by atoms with E-state index in [0.29, 0.717) is 0 Å². The van der Waals surface area contributed by atoms with E-state index in [-0.39, 0.29) is 5.82 Å². The molecule has 2 aromatic rings. The third kappa shape index (κ3) is 6.05. The number of hydrogen-bond donors (Lipinski definition) is 1. The van der Waals surface area contributed by atoms with Gasteiger partial charge in [0.05, 0.1) is 14.2 Å². The van der Waals surface area contributed by atoms with Crippen molar-refractivity contribution >= 4 is 17.3 Å². The zero-order chi connectivity index (χ0) is 20.6. The topological polar surface area (TPSA) is 37.0 Å². The number of ether oxygens (including phenoxy) is 2. The third-order valence-electron chi connectivity index (χ3n) is 5.09. The van der Waals surface area contributed by atoms with E-state index in [2.05, 4.69) is 15.1 Å². The first-order valence-corrected chi connectivity index (χ1v) is 10.2. The SMILES string of the molecule is COc1ccc(CCNC(=S)N2CCN(Cc3cccc(F)c3)CC2)cc1OC. The maximum absolute atomic E-state index is 13.3. The number of thiocarbonyl (C=S) groups is 1. The Morgan fingerprint density at radius 2 is 1.76 bits per heavy atom. The smallest absolute Gasteiger partial charge is 0.169 e. The molecule has 0 bridgehead atoms. The van der Waals surface area contributed by atoms with Crippen LogP contribution in [0.4, 0.5) is 4.39 Å². The van der Waals surface area contributed by atoms with Gasteiger partial charge in [0.2, 0.25) is 0 Å². The predicted molar refractivity (Wildman–Crippen MR) is 117 cm³/mol. The summed E-state index contributed by atoms with van der Waals surface area (Å²) in [7, 11) is 3.28. The number of halogens is 1. The van der Waals surface area contributed by atoms with Crippen LogP contribution in [0, 0.1) is 5.82 Å². The van der Waals surface area contributed by atoms with Crippen LogP contribution in [0.1, 0.15) is 11.1 Å². The highest BCUT2D eigenvalue weighted by Crippen LogP contribution is 2.27. The number of nitrogens with zero attached hydrogens (tertiary/aromatic N) is 2. The Morgan fingerprint density at radius 3 is 2.45 bits per heavy atom. The van der Waals surface area contributed by atoms with Crippen molar-refractivity contribution in [3.63, 3.8) is 0 Å². The minimum atomic E-state index is -0.180. The van der Waals surface area contributed by atoms with Crippen LogP contribution in [0.3, 0.4) is 0 Å². The zero-order valence-corrected chi connectivity index (χ0v) is 17.8. The number of rotatable bonds is 7. The molecule has 0 amide bonds. The standard InChI is InChI=1S/C22H28FN3O2S/c1-27-20-7-6-17(15-21(20)28-2)8-9-24-22(29)26-12-10-25(11-13-26)16-18-4-3-5-19(23)14-18/h3-7,14-15H,8-13,16H2,1-2H3,(H,24,29). The van der Waals surface area contributed by atoms with Gasteiger partial charge in [0.1, 0.15) is 5.82 Å². The minimum absolute atomic E-state index is 0.180. The second kappa shape index (κ2) is 10.4. The van der Waals surface area contributed by atoms with E-state index < -0.39 is 0 Å². The first-order valence-electron chi connectivity index (χ1n) is 9.79. The molecular formula is C22H28FN3O2S. The van der Waals surface area contributed by atoms with Gasteiger partial charge in [0.15, 0.2) is 16.6 Å². The molecule has 3 rings (SSSR count). The van der Waals surface area contributed by atoms with E-state index in [9.17, 15) is 4.39 Å². The van der Waals surface area contributed by atoms with Crippen LogP contribution < -0.4 is 14.8 Å². The van der Waals surface area contributed by atoms with Crippen LogP contribution in [0.15, 0.2) is 42.5 Å². The number of methoxy groups -OCH3 is 2. The van der Waals surface area contributed by atoms with Crippen LogP contribution in [0.5, 0.6) is 11.5 Å². The predicted octanol–water partition coefficient (Wildman–Crippen LogP) is 3.08. The maximum atomic E-state index is 13.3. The number of benzene rings is 2. The van der Waals surface area contributed by atoms with E-state index in [1.807, 2.05) is 24.3 Å². The summed E-state index contributed by atoms with van der Waals surface area (Å²) in [5.74, 6) is 1.29. The highest BCUT2D eigenvalue weighted by molar-refractivity contribution is 7.80. The summed E-state index contributed by atoms with van der Waals surface area (Å²) >= 11 is 5.57. The van der Waals surface area contributed by atoms with Crippen LogP contribution in [-0.2, 0) is 13.0 Å². The Kier molecular flexibility index (Phi) is 7.66. The molecular weight excluding hydrogens is 389 g/mol. The van der Waals surface area contributed by atoms with Gasteiger partial charge in [-0.05, 0) is 54.0 Å². The minimum Gasteiger partial charge on any atom is -0.493 e. The molecule has 2 aromatic carbocycles. The first-order chi connectivity index (χ1) is 14.1. The fourth-order valence-electron chi connectivity index (χ4n) is 3.46. The molecule has 0 saturated carbocycles. The largest absolute Gasteiger partial charge is 0.493 e. The van der Waals surface area contributed by atoms with Crippen molar-refractivity contribution in [3.8, 4) is 11.5 Å². The highest BCUT2D eigenvalue weighted by atomic mass is 32.1. The summed E-state index contributed by atoms with van der Waals surface area (Å²) in [4.78, 5) is 4.53. The van der Waals surface area contributed by atoms with Crippen molar-refractivity contribution in [2.24, 2.45) is 0 Å². The number of piperazine rings is 1. The number of nitrogens with one attached hydrogen (secondary N) is 1. The maximum Gasteiger partial charge on any atom is 0.169 e. The molecule has 1 N–H and O–H groups in total. The van der Waals surface area contributed by atoms with E-state index >= 15 is 0 Å². The third-order valence-corrected chi connectivity index (χ3v) is 5.50. The van der Waals surface area contributed by atoms with E-state index in [4.69, 9.17) is 21.7 Å². The Bertz CT molecular complexity index is 825. The van der Waals surface area contributed by atoms with Crippen molar-refractivity contribution in [2.75, 3.05) is 46.9 Å². The lowest BCUT2D eigenvalue weighted by atomic mass is 10.1. The average Bonchev–Trinajstić information content (AvgIpc) is 2.74. The molecule has 0 unspecified atom stereocenters. The molecule has 1 aliphatic heterocycles. The van der Waals surface area contributed by atoms with E-state index in [0.717, 1.165) is 73.4 Å². The lowest BCUT2D eigenvalue weighted by Gasteiger charge is -2.36. The van der Waals surface area contributed by atoms with Gasteiger partial charge in [-0.3, -0.25) is 4.90 Å². The molecule has 5 nitrogen and oxygen atoms in total. The molecule has 7 heteroatoms. The molecule has 0 aromatic heterocycles. The molecule has 0 spiro atoms. The van der Waals surface area contributed by atoms with Gasteiger partial charge >= 0.3 is 0 Å². The first kappa shape index (κ1) is 21.3. The molecule has 1 heterocycles. The van der Waals surface area contributed by atoms with Crippen molar-refractivity contribution in [2.45, 2.75) is 13.0 Å². The molecule has 0 radical (unpaired) electrons. The van der Waals surface area contributed by atoms with Gasteiger partial charge in [-0.25, -0.2) is 4.39 Å². The van der Waals surface area contributed by atoms with Crippen molar-refractivity contribution in [1.29, 1.82) is 0 Å². The molecule has 1 fully saturated rings. The quantitative estimate of drug-likeness (QED) is 0.698. The molecule has 1 saturated heterocycles. The second-order valence-corrected chi connectivity index (χ2v) is 7.45. The van der Waals surface area contributed by atoms with Gasteiger partial charge < -0.3 is 19.7 Å². The summed E-state index contributed by atoms with van der Waals surface area (Å²) in [6.07, 6.45) is 0.847. The van der Waals surface area contributed by atoms with Gasteiger partial charge in [-0.15, -0.1) is 0 Å². The summed E-state index contributed by atoms with van der Waals surface area (Å²) in [6, 6.07) is 12.8. The van der Waals surface area contributed by atoms with Crippen molar-refractivity contribution in [3.05, 3.63) is 59.4 Å². The molecule has 156 valence electrons. The molecule has 0 aliphatic carbocycles. The summed E-state index contributed by atoms with van der Waals surface area (Å²) in [6.45, 7) is 5.10. The fraction of sp³-hybridized carbons (Fsp3) is 0.409. The summed E-state index contributed by atoms with van der Waals surface area (Å²) in [5.41, 5.74) is 2.17. The monoisotopic (exact) mass is 417 g/mol. The summed E-state index contributed by atoms with van der Waals surface area (Å²) < 4.78 is 24.0. The van der Waals surface area contributed by atoms with Crippen molar-refractivity contribution < 1.29 is 13.9 Å². The Balaban J connectivity index is 1.41. The van der Waals surface area contributed by atoms with Crippen LogP contribution in [0.25, 0.3) is 0 Å². The van der Waals surface area contributed by atoms with E-state index in [1.165, 1.54) is 6.07 Å². The summed E-state index contributed by atoms with van der Waals surface area (Å²) in [5, 5.41) is 4.14. The fourth-order valence-corrected chi connectivity index (χ4v) is 3.75. The Morgan fingerprint density at radius 1 is 1.00 bits per heavy atom. The lowest BCUT2D eigenvalue weighted by molar-refractivity contribution is 0.174. The Hall–Kier alpha value is -2.38. The zero-order valence-electron chi connectivity index (χ0n) is 17.0. The second-order valence-electron chi connectivity index (χ2n) is 7.06.